The van der Waals surface area contributed by atoms with Crippen LogP contribution in [0.5, 0.6) is 0 Å². The highest BCUT2D eigenvalue weighted by molar-refractivity contribution is 7.19. The van der Waals surface area contributed by atoms with Gasteiger partial charge in [0.2, 0.25) is 0 Å². The average Bonchev–Trinajstić information content (AvgIpc) is 2.83. The van der Waals surface area contributed by atoms with E-state index >= 15 is 0 Å². The minimum Gasteiger partial charge on any atom is -0.476 e. The van der Waals surface area contributed by atoms with Gasteiger partial charge in [0, 0.05) is 5.56 Å². The van der Waals surface area contributed by atoms with Crippen molar-refractivity contribution in [2.24, 2.45) is 0 Å². The molecule has 24 heavy (non-hydrogen) atoms. The largest absolute Gasteiger partial charge is 0.476 e. The molecule has 0 bridgehead atoms. The number of anilines is 1. The number of hydrogen-bond donors (Lipinski definition) is 2. The maximum Gasteiger partial charge on any atom is 0.412 e. The van der Waals surface area contributed by atoms with E-state index in [9.17, 15) is 23.5 Å². The molecule has 0 fully saturated rings. The van der Waals surface area contributed by atoms with Gasteiger partial charge in [0.25, 0.3) is 0 Å². The Hall–Kier alpha value is -2.55. The van der Waals surface area contributed by atoms with Gasteiger partial charge >= 0.3 is 12.1 Å². The number of carbonyl (C=O) groups excluding carboxylic acids is 1. The molecule has 1 aromatic carbocycles. The van der Waals surface area contributed by atoms with Gasteiger partial charge in [-0.1, -0.05) is 17.4 Å². The molecule has 1 amide bonds. The summed E-state index contributed by atoms with van der Waals surface area (Å²) < 4.78 is 32.2. The number of thiazole rings is 1. The van der Waals surface area contributed by atoms with E-state index in [0.717, 1.165) is 6.07 Å². The van der Waals surface area contributed by atoms with E-state index in [1.165, 1.54) is 12.1 Å². The number of carboxylic acid groups (broad SMARTS) is 1. The maximum atomic E-state index is 13.8. The predicted molar refractivity (Wildman–Crippen MR) is 84.3 cm³/mol. The smallest absolute Gasteiger partial charge is 0.412 e. The van der Waals surface area contributed by atoms with Gasteiger partial charge < -0.3 is 9.84 Å². The van der Waals surface area contributed by atoms with Crippen molar-refractivity contribution in [2.45, 2.75) is 26.4 Å². The van der Waals surface area contributed by atoms with Crippen LogP contribution in [0.25, 0.3) is 10.6 Å². The lowest BCUT2D eigenvalue weighted by Gasteiger charge is -2.19. The van der Waals surface area contributed by atoms with Crippen molar-refractivity contribution in [2.75, 3.05) is 5.32 Å². The first-order valence-corrected chi connectivity index (χ1v) is 7.58. The third kappa shape index (κ3) is 4.05. The second kappa shape index (κ2) is 6.52. The number of carboxylic acids is 1. The highest BCUT2D eigenvalue weighted by Crippen LogP contribution is 2.34. The molecule has 9 heteroatoms. The fraction of sp³-hybridized carbons (Fsp3) is 0.267. The zero-order valence-electron chi connectivity index (χ0n) is 13.0. The zero-order chi connectivity index (χ0) is 18.1. The Bertz CT molecular complexity index is 799. The lowest BCUT2D eigenvalue weighted by Crippen LogP contribution is -2.27. The van der Waals surface area contributed by atoms with Crippen LogP contribution >= 0.6 is 11.3 Å². The minimum absolute atomic E-state index is 0.0736. The molecular weight excluding hydrogens is 342 g/mol. The Morgan fingerprint density at radius 1 is 1.29 bits per heavy atom. The summed E-state index contributed by atoms with van der Waals surface area (Å²) in [7, 11) is 0. The Morgan fingerprint density at radius 3 is 2.54 bits per heavy atom. The number of hydrogen-bond acceptors (Lipinski definition) is 5. The van der Waals surface area contributed by atoms with Crippen molar-refractivity contribution < 1.29 is 28.2 Å². The number of rotatable bonds is 3. The lowest BCUT2D eigenvalue weighted by molar-refractivity contribution is 0.0636. The van der Waals surface area contributed by atoms with Crippen LogP contribution in [0.3, 0.4) is 0 Å². The SMILES string of the molecule is CC(C)(C)OC(=O)Nc1sc(-c2cccc(F)c2F)nc1C(=O)O. The highest BCUT2D eigenvalue weighted by Gasteiger charge is 2.24. The van der Waals surface area contributed by atoms with E-state index < -0.39 is 35.0 Å². The number of aromatic carboxylic acids is 1. The summed E-state index contributed by atoms with van der Waals surface area (Å²) in [5.74, 6) is -3.64. The van der Waals surface area contributed by atoms with Crippen LogP contribution in [0.4, 0.5) is 18.6 Å². The topological polar surface area (TPSA) is 88.5 Å². The van der Waals surface area contributed by atoms with Crippen LogP contribution in [0, 0.1) is 11.6 Å². The Kier molecular flexibility index (Phi) is 4.83. The first kappa shape index (κ1) is 17.8. The van der Waals surface area contributed by atoms with Gasteiger partial charge in [-0.05, 0) is 32.9 Å². The standard InChI is InChI=1S/C15H14F2N2O4S/c1-15(2,3)23-14(22)19-12-10(13(20)21)18-11(24-12)7-5-4-6-8(16)9(7)17/h4-6H,1-3H3,(H,19,22)(H,20,21). The van der Waals surface area contributed by atoms with E-state index in [4.69, 9.17) is 4.74 Å². The third-order valence-electron chi connectivity index (χ3n) is 2.63. The van der Waals surface area contributed by atoms with Crippen molar-refractivity contribution in [3.05, 3.63) is 35.5 Å². The molecular formula is C15H14F2N2O4S. The number of halogens is 2. The number of benzene rings is 1. The molecule has 0 saturated carbocycles. The molecule has 0 unspecified atom stereocenters. The minimum atomic E-state index is -1.42. The summed E-state index contributed by atoms with van der Waals surface area (Å²) in [6, 6.07) is 3.47. The van der Waals surface area contributed by atoms with Crippen molar-refractivity contribution in [3.8, 4) is 10.6 Å². The Balaban J connectivity index is 2.39. The Labute approximate surface area is 140 Å². The first-order chi connectivity index (χ1) is 11.1. The van der Waals surface area contributed by atoms with Gasteiger partial charge in [0.05, 0.1) is 0 Å². The van der Waals surface area contributed by atoms with E-state index in [-0.39, 0.29) is 15.6 Å². The summed E-state index contributed by atoms with van der Waals surface area (Å²) >= 11 is 0.708. The van der Waals surface area contributed by atoms with Crippen LogP contribution in [0.1, 0.15) is 31.3 Å². The molecule has 0 aliphatic heterocycles. The quantitative estimate of drug-likeness (QED) is 0.863. The van der Waals surface area contributed by atoms with Gasteiger partial charge in [-0.15, -0.1) is 0 Å². The van der Waals surface area contributed by atoms with Crippen molar-refractivity contribution in [1.29, 1.82) is 0 Å². The van der Waals surface area contributed by atoms with E-state index in [1.54, 1.807) is 20.8 Å². The molecule has 2 N–H and O–H groups in total. The molecule has 0 aliphatic rings. The van der Waals surface area contributed by atoms with Gasteiger partial charge in [-0.3, -0.25) is 5.32 Å². The second-order valence-corrected chi connectivity index (χ2v) is 6.73. The van der Waals surface area contributed by atoms with Crippen LogP contribution in [0.15, 0.2) is 18.2 Å². The zero-order valence-corrected chi connectivity index (χ0v) is 13.8. The molecule has 0 saturated heterocycles. The van der Waals surface area contributed by atoms with Gasteiger partial charge in [0.1, 0.15) is 15.6 Å². The van der Waals surface area contributed by atoms with E-state index in [2.05, 4.69) is 10.3 Å². The number of nitrogens with one attached hydrogen (secondary N) is 1. The summed E-state index contributed by atoms with van der Waals surface area (Å²) in [6.07, 6.45) is -0.875. The van der Waals surface area contributed by atoms with Crippen LogP contribution in [-0.2, 0) is 4.74 Å². The number of amides is 1. The van der Waals surface area contributed by atoms with E-state index in [0.29, 0.717) is 11.3 Å². The van der Waals surface area contributed by atoms with Crippen molar-refractivity contribution >= 4 is 28.4 Å². The molecule has 1 aromatic heterocycles. The van der Waals surface area contributed by atoms with Crippen molar-refractivity contribution in [1.82, 2.24) is 4.98 Å². The lowest BCUT2D eigenvalue weighted by atomic mass is 10.2. The van der Waals surface area contributed by atoms with Gasteiger partial charge in [-0.25, -0.2) is 23.4 Å². The third-order valence-corrected chi connectivity index (χ3v) is 3.63. The fourth-order valence-electron chi connectivity index (χ4n) is 1.73. The monoisotopic (exact) mass is 356 g/mol. The number of ether oxygens (including phenoxy) is 1. The van der Waals surface area contributed by atoms with E-state index in [1.807, 2.05) is 0 Å². The van der Waals surface area contributed by atoms with Crippen molar-refractivity contribution in [3.63, 3.8) is 0 Å². The predicted octanol–water partition coefficient (Wildman–Crippen LogP) is 4.13. The molecule has 1 heterocycles. The molecule has 0 atom stereocenters. The molecule has 0 spiro atoms. The van der Waals surface area contributed by atoms with Crippen LogP contribution in [0.2, 0.25) is 0 Å². The molecule has 2 aromatic rings. The average molecular weight is 356 g/mol. The molecule has 128 valence electrons. The fourth-order valence-corrected chi connectivity index (χ4v) is 2.69. The van der Waals surface area contributed by atoms with Crippen LogP contribution < -0.4 is 5.32 Å². The first-order valence-electron chi connectivity index (χ1n) is 6.77. The summed E-state index contributed by atoms with van der Waals surface area (Å²) in [5, 5.41) is 11.2. The second-order valence-electron chi connectivity index (χ2n) is 5.73. The van der Waals surface area contributed by atoms with Gasteiger partial charge in [-0.2, -0.15) is 0 Å². The maximum absolute atomic E-state index is 13.8. The molecule has 2 rings (SSSR count). The highest BCUT2D eigenvalue weighted by atomic mass is 32.1. The number of nitrogens with zero attached hydrogens (tertiary/aromatic N) is 1. The van der Waals surface area contributed by atoms with Crippen LogP contribution in [-0.4, -0.2) is 27.8 Å². The summed E-state index contributed by atoms with van der Waals surface area (Å²) in [4.78, 5) is 26.8. The molecule has 6 nitrogen and oxygen atoms in total. The summed E-state index contributed by atoms with van der Waals surface area (Å²) in [6.45, 7) is 4.93. The number of aromatic nitrogens is 1. The Morgan fingerprint density at radius 2 is 1.96 bits per heavy atom. The molecule has 0 aliphatic carbocycles. The number of carbonyl (C=O) groups is 2. The molecule has 0 radical (unpaired) electrons. The summed E-state index contributed by atoms with van der Waals surface area (Å²) in [5.41, 5.74) is -1.46. The van der Waals surface area contributed by atoms with Gasteiger partial charge in [0.15, 0.2) is 17.3 Å². The normalized spacial score (nSPS) is 11.2.